The number of aromatic amines is 1. The largest absolute Gasteiger partial charge is 0.494 e. The van der Waals surface area contributed by atoms with Crippen LogP contribution in [0.4, 0.5) is 0 Å². The summed E-state index contributed by atoms with van der Waals surface area (Å²) >= 11 is 0. The van der Waals surface area contributed by atoms with E-state index < -0.39 is 0 Å². The van der Waals surface area contributed by atoms with Crippen molar-refractivity contribution in [2.24, 2.45) is 0 Å². The number of rotatable bonds is 4. The summed E-state index contributed by atoms with van der Waals surface area (Å²) in [5.41, 5.74) is 4.12. The van der Waals surface area contributed by atoms with Gasteiger partial charge < -0.3 is 4.74 Å². The molecule has 0 atom stereocenters. The number of ether oxygens (including phenoxy) is 1. The number of H-pyrrole nitrogens is 1. The maximum atomic E-state index is 5.52. The van der Waals surface area contributed by atoms with Crippen LogP contribution in [0.1, 0.15) is 6.92 Å². The lowest BCUT2D eigenvalue weighted by Crippen LogP contribution is -1.91. The number of hydrogen-bond donors (Lipinski definition) is 1. The molecular weight excluding hydrogens is 248 g/mol. The first-order valence-electron chi connectivity index (χ1n) is 6.71. The molecular formula is C17H16N2O. The summed E-state index contributed by atoms with van der Waals surface area (Å²) in [7, 11) is 0. The molecule has 2 aromatic carbocycles. The van der Waals surface area contributed by atoms with Gasteiger partial charge >= 0.3 is 0 Å². The predicted octanol–water partition coefficient (Wildman–Crippen LogP) is 4.14. The molecule has 1 heterocycles. The molecule has 0 fully saturated rings. The lowest BCUT2D eigenvalue weighted by atomic mass is 10.1. The van der Waals surface area contributed by atoms with Crippen LogP contribution in [0.3, 0.4) is 0 Å². The molecule has 0 aliphatic rings. The van der Waals surface area contributed by atoms with E-state index in [4.69, 9.17) is 4.74 Å². The van der Waals surface area contributed by atoms with Crippen LogP contribution in [-0.2, 0) is 0 Å². The van der Waals surface area contributed by atoms with Gasteiger partial charge in [0.2, 0.25) is 0 Å². The smallest absolute Gasteiger partial charge is 0.119 e. The summed E-state index contributed by atoms with van der Waals surface area (Å²) in [4.78, 5) is 0. The van der Waals surface area contributed by atoms with Gasteiger partial charge in [0.15, 0.2) is 0 Å². The van der Waals surface area contributed by atoms with Crippen LogP contribution in [0.2, 0.25) is 0 Å². The quantitative estimate of drug-likeness (QED) is 0.769. The fourth-order valence-electron chi connectivity index (χ4n) is 2.15. The van der Waals surface area contributed by atoms with Crippen LogP contribution in [0.25, 0.3) is 22.5 Å². The molecule has 0 saturated carbocycles. The first-order valence-corrected chi connectivity index (χ1v) is 6.71. The van der Waals surface area contributed by atoms with Gasteiger partial charge in [-0.05, 0) is 30.7 Å². The van der Waals surface area contributed by atoms with Crippen molar-refractivity contribution in [2.45, 2.75) is 6.92 Å². The van der Waals surface area contributed by atoms with Crippen molar-refractivity contribution in [1.82, 2.24) is 10.2 Å². The van der Waals surface area contributed by atoms with Crippen LogP contribution in [0, 0.1) is 0 Å². The fourth-order valence-corrected chi connectivity index (χ4v) is 2.15. The highest BCUT2D eigenvalue weighted by atomic mass is 16.5. The average Bonchev–Trinajstić information content (AvgIpc) is 2.99. The Kier molecular flexibility index (Phi) is 3.50. The Morgan fingerprint density at radius 3 is 2.55 bits per heavy atom. The van der Waals surface area contributed by atoms with Crippen molar-refractivity contribution in [2.75, 3.05) is 6.61 Å². The van der Waals surface area contributed by atoms with Gasteiger partial charge in [-0.15, -0.1) is 0 Å². The van der Waals surface area contributed by atoms with Gasteiger partial charge in [-0.3, -0.25) is 5.10 Å². The van der Waals surface area contributed by atoms with Gasteiger partial charge in [-0.25, -0.2) is 0 Å². The molecule has 0 unspecified atom stereocenters. The van der Waals surface area contributed by atoms with Crippen molar-refractivity contribution in [3.63, 3.8) is 0 Å². The Bertz CT molecular complexity index is 689. The highest BCUT2D eigenvalue weighted by molar-refractivity contribution is 5.68. The Balaban J connectivity index is 1.92. The van der Waals surface area contributed by atoms with E-state index in [2.05, 4.69) is 28.4 Å². The molecule has 1 aromatic heterocycles. The summed E-state index contributed by atoms with van der Waals surface area (Å²) in [5.74, 6) is 0.870. The van der Waals surface area contributed by atoms with Crippen LogP contribution in [0.5, 0.6) is 5.75 Å². The van der Waals surface area contributed by atoms with E-state index in [1.807, 2.05) is 49.4 Å². The fraction of sp³-hybridized carbons (Fsp3) is 0.118. The number of hydrogen-bond acceptors (Lipinski definition) is 2. The lowest BCUT2D eigenvalue weighted by Gasteiger charge is -2.03. The van der Waals surface area contributed by atoms with Crippen LogP contribution >= 0.6 is 0 Å². The molecule has 1 N–H and O–H groups in total. The van der Waals surface area contributed by atoms with E-state index in [0.29, 0.717) is 6.61 Å². The summed E-state index contributed by atoms with van der Waals surface area (Å²) in [6.07, 6.45) is 0. The van der Waals surface area contributed by atoms with E-state index in [1.165, 1.54) is 0 Å². The highest BCUT2D eigenvalue weighted by Crippen LogP contribution is 2.26. The minimum atomic E-state index is 0.666. The first-order chi connectivity index (χ1) is 9.86. The normalized spacial score (nSPS) is 10.4. The van der Waals surface area contributed by atoms with Crippen molar-refractivity contribution in [3.05, 3.63) is 60.7 Å². The summed E-state index contributed by atoms with van der Waals surface area (Å²) in [5, 5.41) is 7.46. The maximum absolute atomic E-state index is 5.52. The Morgan fingerprint density at radius 1 is 0.950 bits per heavy atom. The molecule has 0 aliphatic carbocycles. The first kappa shape index (κ1) is 12.5. The van der Waals surface area contributed by atoms with Crippen LogP contribution in [0.15, 0.2) is 60.7 Å². The monoisotopic (exact) mass is 264 g/mol. The number of benzene rings is 2. The van der Waals surface area contributed by atoms with Crippen LogP contribution in [-0.4, -0.2) is 16.8 Å². The van der Waals surface area contributed by atoms with E-state index in [1.54, 1.807) is 0 Å². The number of aromatic nitrogens is 2. The van der Waals surface area contributed by atoms with Crippen molar-refractivity contribution in [3.8, 4) is 28.3 Å². The molecule has 0 radical (unpaired) electrons. The minimum absolute atomic E-state index is 0.666. The average molecular weight is 264 g/mol. The molecule has 0 aliphatic heterocycles. The highest BCUT2D eigenvalue weighted by Gasteiger charge is 2.06. The van der Waals surface area contributed by atoms with Crippen LogP contribution < -0.4 is 4.74 Å². The molecule has 0 bridgehead atoms. The molecule has 0 saturated heterocycles. The second-order valence-electron chi connectivity index (χ2n) is 4.49. The Morgan fingerprint density at radius 2 is 1.75 bits per heavy atom. The standard InChI is InChI=1S/C17H16N2O/c1-2-20-15-10-6-9-14(11-15)17-12-16(18-19-17)13-7-4-3-5-8-13/h3-12H,2H2,1H3,(H,18,19). The third kappa shape index (κ3) is 2.57. The second-order valence-corrected chi connectivity index (χ2v) is 4.49. The molecule has 3 rings (SSSR count). The molecule has 3 heteroatoms. The molecule has 0 spiro atoms. The third-order valence-electron chi connectivity index (χ3n) is 3.10. The van der Waals surface area contributed by atoms with Crippen molar-refractivity contribution >= 4 is 0 Å². The maximum Gasteiger partial charge on any atom is 0.119 e. The SMILES string of the molecule is CCOc1cccc(-c2cc(-c3ccccc3)[nH]n2)c1. The summed E-state index contributed by atoms with van der Waals surface area (Å²) < 4.78 is 5.52. The van der Waals surface area contributed by atoms with E-state index in [-0.39, 0.29) is 0 Å². The molecule has 100 valence electrons. The van der Waals surface area contributed by atoms with Gasteiger partial charge in [0.05, 0.1) is 18.0 Å². The zero-order valence-corrected chi connectivity index (χ0v) is 11.3. The van der Waals surface area contributed by atoms with E-state index in [9.17, 15) is 0 Å². The second kappa shape index (κ2) is 5.61. The topological polar surface area (TPSA) is 37.9 Å². The zero-order chi connectivity index (χ0) is 13.8. The van der Waals surface area contributed by atoms with E-state index in [0.717, 1.165) is 28.3 Å². The lowest BCUT2D eigenvalue weighted by molar-refractivity contribution is 0.340. The van der Waals surface area contributed by atoms with Gasteiger partial charge in [-0.2, -0.15) is 5.10 Å². The van der Waals surface area contributed by atoms with Crippen molar-refractivity contribution in [1.29, 1.82) is 0 Å². The molecule has 0 amide bonds. The Hall–Kier alpha value is -2.55. The molecule has 3 aromatic rings. The molecule has 3 nitrogen and oxygen atoms in total. The van der Waals surface area contributed by atoms with E-state index >= 15 is 0 Å². The predicted molar refractivity (Wildman–Crippen MR) is 80.6 cm³/mol. The molecule has 20 heavy (non-hydrogen) atoms. The summed E-state index contributed by atoms with van der Waals surface area (Å²) in [6, 6.07) is 20.2. The number of nitrogens with zero attached hydrogens (tertiary/aromatic N) is 1. The van der Waals surface area contributed by atoms with Gasteiger partial charge in [0.1, 0.15) is 5.75 Å². The zero-order valence-electron chi connectivity index (χ0n) is 11.3. The third-order valence-corrected chi connectivity index (χ3v) is 3.10. The van der Waals surface area contributed by atoms with Crippen molar-refractivity contribution < 1.29 is 4.74 Å². The van der Waals surface area contributed by atoms with Gasteiger partial charge in [0.25, 0.3) is 0 Å². The Labute approximate surface area is 118 Å². The minimum Gasteiger partial charge on any atom is -0.494 e. The number of nitrogens with one attached hydrogen (secondary N) is 1. The van der Waals surface area contributed by atoms with Gasteiger partial charge in [-0.1, -0.05) is 42.5 Å². The van der Waals surface area contributed by atoms with Gasteiger partial charge in [0, 0.05) is 5.56 Å². The summed E-state index contributed by atoms with van der Waals surface area (Å²) in [6.45, 7) is 2.65.